The van der Waals surface area contributed by atoms with Crippen molar-refractivity contribution in [3.8, 4) is 11.8 Å². The third kappa shape index (κ3) is 5.21. The van der Waals surface area contributed by atoms with Crippen molar-refractivity contribution in [1.29, 1.82) is 0 Å². The zero-order chi connectivity index (χ0) is 16.8. The van der Waals surface area contributed by atoms with E-state index >= 15 is 0 Å². The van der Waals surface area contributed by atoms with Crippen molar-refractivity contribution in [3.05, 3.63) is 35.9 Å². The molecule has 2 fully saturated rings. The Balaban J connectivity index is 0.00000225. The van der Waals surface area contributed by atoms with E-state index in [0.29, 0.717) is 12.3 Å². The average Bonchev–Trinajstić information content (AvgIpc) is 3.16. The van der Waals surface area contributed by atoms with Crippen molar-refractivity contribution < 1.29 is 17.5 Å². The molecule has 1 saturated carbocycles. The molecule has 1 unspecified atom stereocenters. The number of nitrogens with zero attached hydrogens (tertiary/aromatic N) is 2. The largest absolute Gasteiger partial charge is 1.00 e. The van der Waals surface area contributed by atoms with Gasteiger partial charge in [-0.3, -0.25) is 4.90 Å². The number of hydrogen-bond donors (Lipinski definition) is 1. The van der Waals surface area contributed by atoms with Crippen LogP contribution in [-0.4, -0.2) is 54.7 Å². The molecule has 0 amide bonds. The van der Waals surface area contributed by atoms with E-state index in [1.165, 1.54) is 12.8 Å². The first-order chi connectivity index (χ1) is 11.7. The third-order valence-electron chi connectivity index (χ3n) is 5.69. The molecule has 4 heteroatoms. The summed E-state index contributed by atoms with van der Waals surface area (Å²) >= 11 is 0. The molecule has 1 aromatic rings. The van der Waals surface area contributed by atoms with Crippen LogP contribution in [0.2, 0.25) is 0 Å². The topological polar surface area (TPSA) is 26.7 Å². The van der Waals surface area contributed by atoms with E-state index < -0.39 is 5.60 Å². The van der Waals surface area contributed by atoms with Gasteiger partial charge in [-0.1, -0.05) is 55.0 Å². The van der Waals surface area contributed by atoms with E-state index in [4.69, 9.17) is 0 Å². The van der Waals surface area contributed by atoms with Crippen LogP contribution in [0.15, 0.2) is 30.3 Å². The van der Waals surface area contributed by atoms with Gasteiger partial charge in [-0.15, -0.1) is 0 Å². The third-order valence-corrected chi connectivity index (χ3v) is 5.69. The van der Waals surface area contributed by atoms with Crippen molar-refractivity contribution in [2.75, 3.05) is 39.8 Å². The van der Waals surface area contributed by atoms with Gasteiger partial charge in [-0.05, 0) is 31.4 Å². The molecule has 3 rings (SSSR count). The van der Waals surface area contributed by atoms with Gasteiger partial charge in [0.05, 0.1) is 6.54 Å². The summed E-state index contributed by atoms with van der Waals surface area (Å²) in [5, 5.41) is 11.4. The predicted octanol–water partition coefficient (Wildman–Crippen LogP) is -0.291. The minimum absolute atomic E-state index is 0. The zero-order valence-corrected chi connectivity index (χ0v) is 16.0. The number of aliphatic hydroxyl groups is 1. The lowest BCUT2D eigenvalue weighted by atomic mass is 9.78. The lowest BCUT2D eigenvalue weighted by Crippen LogP contribution is -3.00. The van der Waals surface area contributed by atoms with Gasteiger partial charge < -0.3 is 22.4 Å². The summed E-state index contributed by atoms with van der Waals surface area (Å²) in [5.41, 5.74) is 0.248. The summed E-state index contributed by atoms with van der Waals surface area (Å²) < 4.78 is 0. The number of halogens is 1. The molecule has 2 aliphatic rings. The van der Waals surface area contributed by atoms with E-state index in [9.17, 15) is 5.11 Å². The van der Waals surface area contributed by atoms with Crippen LogP contribution in [0.25, 0.3) is 0 Å². The van der Waals surface area contributed by atoms with Crippen molar-refractivity contribution in [1.82, 2.24) is 9.80 Å². The molecule has 0 bridgehead atoms. The van der Waals surface area contributed by atoms with Gasteiger partial charge in [-0.2, -0.15) is 0 Å². The normalized spacial score (nSPS) is 21.8. The lowest BCUT2D eigenvalue weighted by Gasteiger charge is -2.33. The highest BCUT2D eigenvalue weighted by Gasteiger charge is 2.39. The predicted molar refractivity (Wildman–Crippen MR) is 98.6 cm³/mol. The standard InChI is InChI=1S/C21H30N2O.ClH/c1-22-15-17-23(18-16-22)14-8-7-13-21(24,20-11-5-6-12-20)19-9-3-2-4-10-19;/h2-4,9-10,20,24H,5-6,11-18H2,1H3;1H/p-1. The van der Waals surface area contributed by atoms with Gasteiger partial charge >= 0.3 is 0 Å². The molecule has 1 aromatic carbocycles. The van der Waals surface area contributed by atoms with E-state index in [0.717, 1.165) is 51.1 Å². The number of likely N-dealkylation sites (N-methyl/N-ethyl adjacent to an activating group) is 1. The van der Waals surface area contributed by atoms with Crippen LogP contribution < -0.4 is 12.4 Å². The minimum atomic E-state index is -0.785. The van der Waals surface area contributed by atoms with Gasteiger partial charge in [0.25, 0.3) is 0 Å². The first-order valence-electron chi connectivity index (χ1n) is 9.33. The molecular weight excluding hydrogens is 332 g/mol. The van der Waals surface area contributed by atoms with Crippen LogP contribution in [0.4, 0.5) is 0 Å². The number of piperazine rings is 1. The summed E-state index contributed by atoms with van der Waals surface area (Å²) in [4.78, 5) is 4.77. The van der Waals surface area contributed by atoms with Gasteiger partial charge in [0, 0.05) is 32.6 Å². The molecule has 25 heavy (non-hydrogen) atoms. The molecule has 1 atom stereocenters. The van der Waals surface area contributed by atoms with Crippen molar-refractivity contribution in [2.45, 2.75) is 37.7 Å². The Bertz CT molecular complexity index is 569. The second-order valence-electron chi connectivity index (χ2n) is 7.38. The molecule has 1 N–H and O–H groups in total. The highest BCUT2D eigenvalue weighted by Crippen LogP contribution is 2.42. The van der Waals surface area contributed by atoms with Crippen LogP contribution >= 0.6 is 0 Å². The van der Waals surface area contributed by atoms with Crippen LogP contribution in [0, 0.1) is 17.8 Å². The quantitative estimate of drug-likeness (QED) is 0.747. The first kappa shape index (κ1) is 20.3. The maximum atomic E-state index is 11.4. The molecular formula is C21H30ClN2O-. The Morgan fingerprint density at radius 2 is 1.68 bits per heavy atom. The number of benzene rings is 1. The molecule has 138 valence electrons. The monoisotopic (exact) mass is 361 g/mol. The van der Waals surface area contributed by atoms with Gasteiger partial charge in [0.1, 0.15) is 5.60 Å². The minimum Gasteiger partial charge on any atom is -1.00 e. The Morgan fingerprint density at radius 1 is 1.04 bits per heavy atom. The highest BCUT2D eigenvalue weighted by molar-refractivity contribution is 5.26. The summed E-state index contributed by atoms with van der Waals surface area (Å²) in [6.07, 6.45) is 5.25. The molecule has 1 aliphatic heterocycles. The van der Waals surface area contributed by atoms with E-state index in [2.05, 4.69) is 40.8 Å². The second-order valence-corrected chi connectivity index (χ2v) is 7.38. The van der Waals surface area contributed by atoms with Crippen LogP contribution in [0.3, 0.4) is 0 Å². The van der Waals surface area contributed by atoms with Crippen molar-refractivity contribution >= 4 is 0 Å². The van der Waals surface area contributed by atoms with Crippen LogP contribution in [0.1, 0.15) is 37.7 Å². The molecule has 0 spiro atoms. The first-order valence-corrected chi connectivity index (χ1v) is 9.33. The molecule has 0 aromatic heterocycles. The highest BCUT2D eigenvalue weighted by atomic mass is 35.5. The zero-order valence-electron chi connectivity index (χ0n) is 15.3. The molecule has 1 aliphatic carbocycles. The Kier molecular flexibility index (Phi) is 7.78. The number of hydrogen-bond acceptors (Lipinski definition) is 3. The van der Waals surface area contributed by atoms with E-state index in [-0.39, 0.29) is 12.4 Å². The summed E-state index contributed by atoms with van der Waals surface area (Å²) in [6.45, 7) is 5.26. The van der Waals surface area contributed by atoms with Crippen molar-refractivity contribution in [2.24, 2.45) is 5.92 Å². The van der Waals surface area contributed by atoms with Crippen LogP contribution in [-0.2, 0) is 5.60 Å². The van der Waals surface area contributed by atoms with E-state index in [1.54, 1.807) is 0 Å². The number of rotatable bonds is 4. The average molecular weight is 362 g/mol. The SMILES string of the molecule is CN1CCN(CC#CCC(O)(c2ccccc2)C2CCCC2)CC1.[Cl-]. The Labute approximate surface area is 158 Å². The Hall–Kier alpha value is -1.05. The maximum Gasteiger partial charge on any atom is 0.103 e. The summed E-state index contributed by atoms with van der Waals surface area (Å²) in [7, 11) is 2.17. The van der Waals surface area contributed by atoms with Gasteiger partial charge in [-0.25, -0.2) is 0 Å². The molecule has 0 radical (unpaired) electrons. The fourth-order valence-corrected chi connectivity index (χ4v) is 3.98. The van der Waals surface area contributed by atoms with Crippen LogP contribution in [0.5, 0.6) is 0 Å². The fraction of sp³-hybridized carbons (Fsp3) is 0.619. The summed E-state index contributed by atoms with van der Waals surface area (Å²) in [6, 6.07) is 10.2. The van der Waals surface area contributed by atoms with Crippen molar-refractivity contribution in [3.63, 3.8) is 0 Å². The Morgan fingerprint density at radius 3 is 2.32 bits per heavy atom. The van der Waals surface area contributed by atoms with E-state index in [1.807, 2.05) is 18.2 Å². The maximum absolute atomic E-state index is 11.4. The molecule has 1 saturated heterocycles. The molecule has 1 heterocycles. The lowest BCUT2D eigenvalue weighted by molar-refractivity contribution is -0.0173. The second kappa shape index (κ2) is 9.59. The fourth-order valence-electron chi connectivity index (χ4n) is 3.98. The molecule has 3 nitrogen and oxygen atoms in total. The van der Waals surface area contributed by atoms with Gasteiger partial charge in [0.2, 0.25) is 0 Å². The summed E-state index contributed by atoms with van der Waals surface area (Å²) in [5.74, 6) is 6.97. The van der Waals surface area contributed by atoms with Gasteiger partial charge in [0.15, 0.2) is 0 Å². The smallest absolute Gasteiger partial charge is 0.103 e.